The molecule has 0 aromatic carbocycles. The Hall–Kier alpha value is -0.840. The predicted molar refractivity (Wildman–Crippen MR) is 84.0 cm³/mol. The van der Waals surface area contributed by atoms with E-state index in [0.29, 0.717) is 16.8 Å². The van der Waals surface area contributed by atoms with Crippen molar-refractivity contribution in [1.82, 2.24) is 5.32 Å². The van der Waals surface area contributed by atoms with Crippen molar-refractivity contribution in [2.45, 2.75) is 38.2 Å². The summed E-state index contributed by atoms with van der Waals surface area (Å²) in [7, 11) is 0. The molecule has 1 aliphatic carbocycles. The Morgan fingerprint density at radius 3 is 3.10 bits per heavy atom. The van der Waals surface area contributed by atoms with E-state index < -0.39 is 5.60 Å². The van der Waals surface area contributed by atoms with Gasteiger partial charge in [0.05, 0.1) is 9.94 Å². The van der Waals surface area contributed by atoms with Crippen molar-refractivity contribution in [2.75, 3.05) is 6.54 Å². The highest BCUT2D eigenvalue weighted by molar-refractivity contribution is 7.17. The predicted octanol–water partition coefficient (Wildman–Crippen LogP) is 3.47. The molecule has 1 aromatic heterocycles. The molecule has 1 aliphatic rings. The standard InChI is InChI=1S/C15H20ClNO2S/c1-11-3-2-8-15(19,9-11)10-17-14(18)7-5-12-4-6-13(16)20-12/h4-7,11,19H,2-3,8-10H2,1H3,(H,17,18). The van der Waals surface area contributed by atoms with E-state index in [2.05, 4.69) is 12.2 Å². The van der Waals surface area contributed by atoms with Crippen molar-refractivity contribution in [2.24, 2.45) is 5.92 Å². The minimum absolute atomic E-state index is 0.179. The lowest BCUT2D eigenvalue weighted by atomic mass is 9.79. The van der Waals surface area contributed by atoms with Gasteiger partial charge in [-0.3, -0.25) is 4.79 Å². The van der Waals surface area contributed by atoms with E-state index in [4.69, 9.17) is 11.6 Å². The summed E-state index contributed by atoms with van der Waals surface area (Å²) in [5, 5.41) is 13.2. The molecule has 3 nitrogen and oxygen atoms in total. The van der Waals surface area contributed by atoms with E-state index in [0.717, 1.165) is 30.6 Å². The van der Waals surface area contributed by atoms with Gasteiger partial charge in [0.1, 0.15) is 0 Å². The van der Waals surface area contributed by atoms with Gasteiger partial charge >= 0.3 is 0 Å². The van der Waals surface area contributed by atoms with Crippen LogP contribution in [0.5, 0.6) is 0 Å². The van der Waals surface area contributed by atoms with Crippen LogP contribution in [0.25, 0.3) is 6.08 Å². The van der Waals surface area contributed by atoms with Crippen LogP contribution in [-0.2, 0) is 4.79 Å². The second-order valence-electron chi connectivity index (χ2n) is 5.62. The van der Waals surface area contributed by atoms with Gasteiger partial charge < -0.3 is 10.4 Å². The summed E-state index contributed by atoms with van der Waals surface area (Å²) in [6.07, 6.45) is 6.93. The molecule has 20 heavy (non-hydrogen) atoms. The first-order valence-corrected chi connectivity index (χ1v) is 8.10. The average Bonchev–Trinajstić information content (AvgIpc) is 2.80. The Kier molecular flexibility index (Phi) is 5.24. The molecule has 110 valence electrons. The first kappa shape index (κ1) is 15.5. The van der Waals surface area contributed by atoms with Gasteiger partial charge in [0.25, 0.3) is 0 Å². The van der Waals surface area contributed by atoms with Gasteiger partial charge in [-0.25, -0.2) is 0 Å². The highest BCUT2D eigenvalue weighted by Crippen LogP contribution is 2.31. The number of thiophene rings is 1. The summed E-state index contributed by atoms with van der Waals surface area (Å²) in [6.45, 7) is 2.47. The second-order valence-corrected chi connectivity index (χ2v) is 7.37. The molecule has 1 aromatic rings. The molecule has 5 heteroatoms. The minimum atomic E-state index is -0.743. The van der Waals surface area contributed by atoms with E-state index in [1.807, 2.05) is 6.07 Å². The van der Waals surface area contributed by atoms with E-state index in [9.17, 15) is 9.90 Å². The normalized spacial score (nSPS) is 26.9. The molecule has 0 bridgehead atoms. The number of hydrogen-bond acceptors (Lipinski definition) is 3. The zero-order valence-electron chi connectivity index (χ0n) is 11.6. The number of carbonyl (C=O) groups is 1. The molecular formula is C15H20ClNO2S. The third-order valence-corrected chi connectivity index (χ3v) is 4.85. The summed E-state index contributed by atoms with van der Waals surface area (Å²) in [4.78, 5) is 12.7. The van der Waals surface area contributed by atoms with Crippen molar-refractivity contribution in [3.8, 4) is 0 Å². The van der Waals surface area contributed by atoms with Crippen molar-refractivity contribution in [3.05, 3.63) is 27.4 Å². The first-order chi connectivity index (χ1) is 9.47. The maximum absolute atomic E-state index is 11.8. The maximum atomic E-state index is 11.8. The van der Waals surface area contributed by atoms with Crippen LogP contribution < -0.4 is 5.32 Å². The highest BCUT2D eigenvalue weighted by Gasteiger charge is 2.32. The fourth-order valence-electron chi connectivity index (χ4n) is 2.68. The number of halogens is 1. The Balaban J connectivity index is 1.81. The van der Waals surface area contributed by atoms with E-state index in [-0.39, 0.29) is 5.91 Å². The van der Waals surface area contributed by atoms with Crippen molar-refractivity contribution in [3.63, 3.8) is 0 Å². The van der Waals surface area contributed by atoms with Crippen LogP contribution >= 0.6 is 22.9 Å². The molecule has 1 fully saturated rings. The van der Waals surface area contributed by atoms with Crippen molar-refractivity contribution < 1.29 is 9.90 Å². The van der Waals surface area contributed by atoms with Gasteiger partial charge in [-0.1, -0.05) is 31.4 Å². The topological polar surface area (TPSA) is 49.3 Å². The van der Waals surface area contributed by atoms with Crippen LogP contribution in [0, 0.1) is 5.92 Å². The molecule has 1 saturated carbocycles. The quantitative estimate of drug-likeness (QED) is 0.836. The first-order valence-electron chi connectivity index (χ1n) is 6.90. The third-order valence-electron chi connectivity index (χ3n) is 3.65. The molecule has 0 spiro atoms. The summed E-state index contributed by atoms with van der Waals surface area (Å²) in [5.74, 6) is 0.343. The zero-order chi connectivity index (χ0) is 14.6. The fourth-order valence-corrected chi connectivity index (χ4v) is 3.64. The average molecular weight is 314 g/mol. The Labute approximate surface area is 128 Å². The van der Waals surface area contributed by atoms with Gasteiger partial charge in [0, 0.05) is 17.5 Å². The number of aliphatic hydroxyl groups is 1. The number of rotatable bonds is 4. The number of nitrogens with one attached hydrogen (secondary N) is 1. The molecule has 1 heterocycles. The maximum Gasteiger partial charge on any atom is 0.244 e. The lowest BCUT2D eigenvalue weighted by Crippen LogP contribution is -2.45. The number of hydrogen-bond donors (Lipinski definition) is 2. The molecular weight excluding hydrogens is 294 g/mol. The SMILES string of the molecule is CC1CCCC(O)(CNC(=O)C=Cc2ccc(Cl)s2)C1. The van der Waals surface area contributed by atoms with E-state index in [1.165, 1.54) is 17.4 Å². The van der Waals surface area contributed by atoms with Crippen LogP contribution in [-0.4, -0.2) is 23.2 Å². The van der Waals surface area contributed by atoms with E-state index >= 15 is 0 Å². The highest BCUT2D eigenvalue weighted by atomic mass is 35.5. The van der Waals surface area contributed by atoms with Gasteiger partial charge in [-0.2, -0.15) is 0 Å². The van der Waals surface area contributed by atoms with Gasteiger partial charge in [-0.05, 0) is 37.0 Å². The fraction of sp³-hybridized carbons (Fsp3) is 0.533. The molecule has 2 unspecified atom stereocenters. The van der Waals surface area contributed by atoms with Gasteiger partial charge in [-0.15, -0.1) is 11.3 Å². The lowest BCUT2D eigenvalue weighted by molar-refractivity contribution is -0.118. The van der Waals surface area contributed by atoms with Gasteiger partial charge in [0.15, 0.2) is 0 Å². The van der Waals surface area contributed by atoms with Crippen molar-refractivity contribution in [1.29, 1.82) is 0 Å². The Bertz CT molecular complexity index is 500. The molecule has 2 atom stereocenters. The smallest absolute Gasteiger partial charge is 0.244 e. The zero-order valence-corrected chi connectivity index (χ0v) is 13.1. The number of carbonyl (C=O) groups excluding carboxylic acids is 1. The largest absolute Gasteiger partial charge is 0.388 e. The van der Waals surface area contributed by atoms with Crippen LogP contribution in [0.1, 0.15) is 37.5 Å². The van der Waals surface area contributed by atoms with Gasteiger partial charge in [0.2, 0.25) is 5.91 Å². The van der Waals surface area contributed by atoms with Crippen LogP contribution in [0.15, 0.2) is 18.2 Å². The monoisotopic (exact) mass is 313 g/mol. The number of amides is 1. The van der Waals surface area contributed by atoms with Crippen LogP contribution in [0.4, 0.5) is 0 Å². The van der Waals surface area contributed by atoms with Crippen molar-refractivity contribution >= 4 is 34.9 Å². The summed E-state index contributed by atoms with van der Waals surface area (Å²) in [5.41, 5.74) is -0.743. The molecule has 0 aliphatic heterocycles. The minimum Gasteiger partial charge on any atom is -0.388 e. The molecule has 2 rings (SSSR count). The second kappa shape index (κ2) is 6.74. The summed E-state index contributed by atoms with van der Waals surface area (Å²) in [6, 6.07) is 3.67. The summed E-state index contributed by atoms with van der Waals surface area (Å²) >= 11 is 7.25. The molecule has 0 radical (unpaired) electrons. The molecule has 2 N–H and O–H groups in total. The van der Waals surface area contributed by atoms with Crippen LogP contribution in [0.3, 0.4) is 0 Å². The molecule has 1 amide bonds. The summed E-state index contributed by atoms with van der Waals surface area (Å²) < 4.78 is 0.704. The van der Waals surface area contributed by atoms with Crippen LogP contribution in [0.2, 0.25) is 4.34 Å². The Morgan fingerprint density at radius 1 is 1.65 bits per heavy atom. The third kappa shape index (κ3) is 4.62. The Morgan fingerprint density at radius 2 is 2.45 bits per heavy atom. The van der Waals surface area contributed by atoms with E-state index in [1.54, 1.807) is 12.1 Å². The lowest BCUT2D eigenvalue weighted by Gasteiger charge is -2.35. The molecule has 0 saturated heterocycles.